The third-order valence-corrected chi connectivity index (χ3v) is 3.77. The molecule has 1 heterocycles. The number of aromatic nitrogens is 1. The van der Waals surface area contributed by atoms with E-state index in [1.807, 2.05) is 36.4 Å². The van der Waals surface area contributed by atoms with Crippen molar-refractivity contribution < 1.29 is 14.3 Å². The number of hydrogen-bond acceptors (Lipinski definition) is 4. The Bertz CT molecular complexity index is 862. The molecule has 3 rings (SSSR count). The zero-order chi connectivity index (χ0) is 16.9. The van der Waals surface area contributed by atoms with Crippen LogP contribution < -0.4 is 4.74 Å². The van der Waals surface area contributed by atoms with E-state index in [4.69, 9.17) is 21.1 Å². The van der Waals surface area contributed by atoms with Crippen LogP contribution in [0.2, 0.25) is 5.02 Å². The van der Waals surface area contributed by atoms with Crippen LogP contribution >= 0.6 is 11.6 Å². The van der Waals surface area contributed by atoms with E-state index in [0.717, 1.165) is 16.5 Å². The number of para-hydroxylation sites is 1. The summed E-state index contributed by atoms with van der Waals surface area (Å²) in [6.45, 7) is 2.38. The average molecular weight is 342 g/mol. The fourth-order valence-electron chi connectivity index (χ4n) is 2.36. The van der Waals surface area contributed by atoms with Gasteiger partial charge in [-0.2, -0.15) is 0 Å². The highest BCUT2D eigenvalue weighted by Crippen LogP contribution is 2.29. The second-order valence-corrected chi connectivity index (χ2v) is 5.59. The summed E-state index contributed by atoms with van der Waals surface area (Å²) >= 11 is 5.90. The molecule has 3 aromatic rings. The van der Waals surface area contributed by atoms with Gasteiger partial charge in [-0.05, 0) is 36.8 Å². The van der Waals surface area contributed by atoms with Crippen LogP contribution in [-0.4, -0.2) is 17.6 Å². The SMILES string of the molecule is CCOC(=O)c1cnc2ccccc2c1OCc1ccc(Cl)cc1. The molecule has 0 aliphatic heterocycles. The number of hydrogen-bond donors (Lipinski definition) is 0. The molecule has 4 nitrogen and oxygen atoms in total. The Morgan fingerprint density at radius 2 is 1.88 bits per heavy atom. The van der Waals surface area contributed by atoms with E-state index in [9.17, 15) is 4.79 Å². The Balaban J connectivity index is 1.97. The largest absolute Gasteiger partial charge is 0.487 e. The highest BCUT2D eigenvalue weighted by atomic mass is 35.5. The summed E-state index contributed by atoms with van der Waals surface area (Å²) in [4.78, 5) is 16.5. The van der Waals surface area contributed by atoms with Crippen molar-refractivity contribution in [3.05, 3.63) is 70.9 Å². The molecule has 0 spiro atoms. The van der Waals surface area contributed by atoms with Crippen molar-refractivity contribution in [3.8, 4) is 5.75 Å². The molecule has 0 saturated carbocycles. The summed E-state index contributed by atoms with van der Waals surface area (Å²) in [5.41, 5.74) is 2.04. The zero-order valence-electron chi connectivity index (χ0n) is 13.2. The Hall–Kier alpha value is -2.59. The number of fused-ring (bicyclic) bond motifs is 1. The number of rotatable bonds is 5. The van der Waals surface area contributed by atoms with Crippen LogP contribution in [-0.2, 0) is 11.3 Å². The van der Waals surface area contributed by atoms with Gasteiger partial charge in [0.15, 0.2) is 0 Å². The molecule has 0 N–H and O–H groups in total. The van der Waals surface area contributed by atoms with Crippen molar-refractivity contribution in [1.29, 1.82) is 0 Å². The van der Waals surface area contributed by atoms with Crippen LogP contribution in [0.3, 0.4) is 0 Å². The first-order chi connectivity index (χ1) is 11.7. The number of halogens is 1. The van der Waals surface area contributed by atoms with Crippen LogP contribution in [0.5, 0.6) is 5.75 Å². The molecule has 0 amide bonds. The second kappa shape index (κ2) is 7.32. The highest BCUT2D eigenvalue weighted by molar-refractivity contribution is 6.30. The van der Waals surface area contributed by atoms with E-state index >= 15 is 0 Å². The summed E-state index contributed by atoms with van der Waals surface area (Å²) in [6.07, 6.45) is 1.50. The lowest BCUT2D eigenvalue weighted by Gasteiger charge is -2.13. The molecule has 5 heteroatoms. The molecule has 0 aliphatic carbocycles. The van der Waals surface area contributed by atoms with Gasteiger partial charge in [0.05, 0.1) is 12.1 Å². The first-order valence-corrected chi connectivity index (χ1v) is 7.99. The van der Waals surface area contributed by atoms with Gasteiger partial charge in [-0.1, -0.05) is 35.9 Å². The maximum atomic E-state index is 12.2. The Labute approximate surface area is 145 Å². The maximum Gasteiger partial charge on any atom is 0.343 e. The number of pyridine rings is 1. The van der Waals surface area contributed by atoms with Gasteiger partial charge in [0.2, 0.25) is 0 Å². The molecule has 0 atom stereocenters. The first kappa shape index (κ1) is 16.3. The van der Waals surface area contributed by atoms with Crippen molar-refractivity contribution >= 4 is 28.5 Å². The molecular weight excluding hydrogens is 326 g/mol. The number of carbonyl (C=O) groups is 1. The van der Waals surface area contributed by atoms with Crippen molar-refractivity contribution in [2.24, 2.45) is 0 Å². The smallest absolute Gasteiger partial charge is 0.343 e. The number of nitrogens with zero attached hydrogens (tertiary/aromatic N) is 1. The molecule has 0 unspecified atom stereocenters. The van der Waals surface area contributed by atoms with Gasteiger partial charge in [0.25, 0.3) is 0 Å². The van der Waals surface area contributed by atoms with Crippen LogP contribution in [0.1, 0.15) is 22.8 Å². The van der Waals surface area contributed by atoms with E-state index in [1.165, 1.54) is 6.20 Å². The fourth-order valence-corrected chi connectivity index (χ4v) is 2.49. The molecular formula is C19H16ClNO3. The van der Waals surface area contributed by atoms with Gasteiger partial charge in [-0.3, -0.25) is 4.98 Å². The lowest BCUT2D eigenvalue weighted by molar-refractivity contribution is 0.0521. The third-order valence-electron chi connectivity index (χ3n) is 3.52. The van der Waals surface area contributed by atoms with Crippen molar-refractivity contribution in [2.75, 3.05) is 6.61 Å². The van der Waals surface area contributed by atoms with Crippen LogP contribution in [0, 0.1) is 0 Å². The number of carbonyl (C=O) groups excluding carboxylic acids is 1. The topological polar surface area (TPSA) is 48.4 Å². The van der Waals surface area contributed by atoms with Crippen molar-refractivity contribution in [2.45, 2.75) is 13.5 Å². The minimum Gasteiger partial charge on any atom is -0.487 e. The van der Waals surface area contributed by atoms with Crippen molar-refractivity contribution in [3.63, 3.8) is 0 Å². The quantitative estimate of drug-likeness (QED) is 0.634. The van der Waals surface area contributed by atoms with E-state index < -0.39 is 5.97 Å². The van der Waals surface area contributed by atoms with Crippen LogP contribution in [0.4, 0.5) is 0 Å². The lowest BCUT2D eigenvalue weighted by Crippen LogP contribution is -2.09. The summed E-state index contributed by atoms with van der Waals surface area (Å²) in [5, 5.41) is 1.44. The summed E-state index contributed by atoms with van der Waals surface area (Å²) < 4.78 is 11.1. The molecule has 2 aromatic carbocycles. The number of esters is 1. The summed E-state index contributed by atoms with van der Waals surface area (Å²) in [7, 11) is 0. The second-order valence-electron chi connectivity index (χ2n) is 5.15. The fraction of sp³-hybridized carbons (Fsp3) is 0.158. The monoisotopic (exact) mass is 341 g/mol. The van der Waals surface area contributed by atoms with E-state index in [0.29, 0.717) is 29.5 Å². The first-order valence-electron chi connectivity index (χ1n) is 7.61. The molecule has 24 heavy (non-hydrogen) atoms. The normalized spacial score (nSPS) is 10.6. The Morgan fingerprint density at radius 3 is 2.62 bits per heavy atom. The van der Waals surface area contributed by atoms with Gasteiger partial charge in [0.1, 0.15) is 17.9 Å². The van der Waals surface area contributed by atoms with Gasteiger partial charge in [0, 0.05) is 16.6 Å². The molecule has 122 valence electrons. The Kier molecular flexibility index (Phi) is 4.96. The molecule has 0 aliphatic rings. The van der Waals surface area contributed by atoms with Gasteiger partial charge in [-0.25, -0.2) is 4.79 Å². The van der Waals surface area contributed by atoms with E-state index in [2.05, 4.69) is 4.98 Å². The third kappa shape index (κ3) is 3.49. The summed E-state index contributed by atoms with van der Waals surface area (Å²) in [5.74, 6) is 0.0378. The van der Waals surface area contributed by atoms with Crippen LogP contribution in [0.15, 0.2) is 54.7 Å². The minimum absolute atomic E-state index is 0.294. The lowest BCUT2D eigenvalue weighted by atomic mass is 10.1. The number of benzene rings is 2. The van der Waals surface area contributed by atoms with Gasteiger partial charge in [-0.15, -0.1) is 0 Å². The molecule has 0 saturated heterocycles. The predicted octanol–water partition coefficient (Wildman–Crippen LogP) is 4.64. The maximum absolute atomic E-state index is 12.2. The van der Waals surface area contributed by atoms with Gasteiger partial charge >= 0.3 is 5.97 Å². The molecule has 0 fully saturated rings. The highest BCUT2D eigenvalue weighted by Gasteiger charge is 2.18. The zero-order valence-corrected chi connectivity index (χ0v) is 13.9. The minimum atomic E-state index is -0.443. The number of ether oxygens (including phenoxy) is 2. The predicted molar refractivity (Wildman–Crippen MR) is 93.5 cm³/mol. The molecule has 0 bridgehead atoms. The van der Waals surface area contributed by atoms with Crippen LogP contribution in [0.25, 0.3) is 10.9 Å². The van der Waals surface area contributed by atoms with Crippen molar-refractivity contribution in [1.82, 2.24) is 4.98 Å². The Morgan fingerprint density at radius 1 is 1.12 bits per heavy atom. The standard InChI is InChI=1S/C19H16ClNO3/c1-2-23-19(22)16-11-21-17-6-4-3-5-15(17)18(16)24-12-13-7-9-14(20)10-8-13/h3-11H,2,12H2,1H3. The van der Waals surface area contributed by atoms with E-state index in [1.54, 1.807) is 19.1 Å². The molecule has 0 radical (unpaired) electrons. The summed E-state index contributed by atoms with van der Waals surface area (Å²) in [6, 6.07) is 14.9. The van der Waals surface area contributed by atoms with E-state index in [-0.39, 0.29) is 0 Å². The van der Waals surface area contributed by atoms with Gasteiger partial charge < -0.3 is 9.47 Å². The molecule has 1 aromatic heterocycles. The average Bonchev–Trinajstić information content (AvgIpc) is 2.61.